The second-order valence-electron chi connectivity index (χ2n) is 6.87. The number of anilines is 1. The van der Waals surface area contributed by atoms with Gasteiger partial charge < -0.3 is 10.0 Å². The summed E-state index contributed by atoms with van der Waals surface area (Å²) in [5.74, 6) is 2.19. The minimum Gasteiger partial charge on any atom is -0.385 e. The van der Waals surface area contributed by atoms with Crippen LogP contribution in [0.3, 0.4) is 0 Å². The van der Waals surface area contributed by atoms with Crippen molar-refractivity contribution in [2.75, 3.05) is 18.0 Å². The molecular weight excluding hydrogens is 272 g/mol. The maximum atomic E-state index is 11.2. The van der Waals surface area contributed by atoms with Gasteiger partial charge in [0.2, 0.25) is 0 Å². The molecule has 3 atom stereocenters. The molecule has 2 aliphatic rings. The van der Waals surface area contributed by atoms with E-state index in [1.165, 1.54) is 5.56 Å². The van der Waals surface area contributed by atoms with Crippen LogP contribution >= 0.6 is 0 Å². The Morgan fingerprint density at radius 3 is 2.36 bits per heavy atom. The van der Waals surface area contributed by atoms with Crippen molar-refractivity contribution in [2.24, 2.45) is 11.8 Å². The third-order valence-electron chi connectivity index (χ3n) is 5.40. The van der Waals surface area contributed by atoms with Crippen LogP contribution in [0.25, 0.3) is 0 Å². The predicted molar refractivity (Wildman–Crippen MR) is 87.7 cm³/mol. The summed E-state index contributed by atoms with van der Waals surface area (Å²) in [5, 5.41) is 11.2. The smallest absolute Gasteiger partial charge is 0.128 e. The molecule has 0 spiro atoms. The summed E-state index contributed by atoms with van der Waals surface area (Å²) in [6.07, 6.45) is 3.59. The Kier molecular flexibility index (Phi) is 3.19. The molecule has 0 amide bonds. The van der Waals surface area contributed by atoms with Crippen LogP contribution in [0.4, 0.5) is 5.82 Å². The number of aryl methyl sites for hydroxylation is 1. The van der Waals surface area contributed by atoms with Crippen LogP contribution in [0.2, 0.25) is 0 Å². The second kappa shape index (κ2) is 5.10. The Labute approximate surface area is 131 Å². The summed E-state index contributed by atoms with van der Waals surface area (Å²) in [5.41, 5.74) is 1.68. The highest BCUT2D eigenvalue weighted by molar-refractivity contribution is 5.41. The molecule has 1 aliphatic heterocycles. The Morgan fingerprint density at radius 2 is 1.73 bits per heavy atom. The van der Waals surface area contributed by atoms with E-state index in [0.29, 0.717) is 11.8 Å². The van der Waals surface area contributed by atoms with Gasteiger partial charge in [-0.1, -0.05) is 30.3 Å². The van der Waals surface area contributed by atoms with Crippen LogP contribution < -0.4 is 4.90 Å². The number of rotatable bonds is 2. The summed E-state index contributed by atoms with van der Waals surface area (Å²) in [6, 6.07) is 14.3. The lowest BCUT2D eigenvalue weighted by molar-refractivity contribution is 0.0359. The van der Waals surface area contributed by atoms with Gasteiger partial charge in [-0.15, -0.1) is 0 Å². The number of aromatic nitrogens is 1. The zero-order valence-corrected chi connectivity index (χ0v) is 12.9. The summed E-state index contributed by atoms with van der Waals surface area (Å²) >= 11 is 0. The molecule has 2 fully saturated rings. The SMILES string of the molecule is Cc1ccccc1[C@]1(O)C[C@H]2CN(c3ccccn3)C[C@H]2C1. The molecule has 3 nitrogen and oxygen atoms in total. The van der Waals surface area contributed by atoms with Crippen molar-refractivity contribution in [3.05, 3.63) is 59.8 Å². The topological polar surface area (TPSA) is 36.4 Å². The van der Waals surface area contributed by atoms with Gasteiger partial charge in [0.25, 0.3) is 0 Å². The maximum Gasteiger partial charge on any atom is 0.128 e. The van der Waals surface area contributed by atoms with E-state index < -0.39 is 5.60 Å². The van der Waals surface area contributed by atoms with E-state index in [1.807, 2.05) is 30.5 Å². The Balaban J connectivity index is 1.53. The first-order chi connectivity index (χ1) is 10.7. The molecule has 2 heterocycles. The zero-order valence-electron chi connectivity index (χ0n) is 12.9. The fourth-order valence-electron chi connectivity index (χ4n) is 4.39. The minimum absolute atomic E-state index is 0.562. The molecule has 114 valence electrons. The molecule has 1 N–H and O–H groups in total. The van der Waals surface area contributed by atoms with E-state index in [4.69, 9.17) is 0 Å². The van der Waals surface area contributed by atoms with Crippen molar-refractivity contribution in [3.8, 4) is 0 Å². The van der Waals surface area contributed by atoms with Crippen molar-refractivity contribution in [1.29, 1.82) is 0 Å². The number of hydrogen-bond donors (Lipinski definition) is 1. The summed E-state index contributed by atoms with van der Waals surface area (Å²) in [7, 11) is 0. The Bertz CT molecular complexity index is 656. The van der Waals surface area contributed by atoms with Crippen LogP contribution in [0.5, 0.6) is 0 Å². The molecule has 1 saturated heterocycles. The molecule has 0 radical (unpaired) electrons. The quantitative estimate of drug-likeness (QED) is 0.924. The molecule has 3 heteroatoms. The average Bonchev–Trinajstić information content (AvgIpc) is 3.04. The van der Waals surface area contributed by atoms with Crippen molar-refractivity contribution < 1.29 is 5.11 Å². The number of aliphatic hydroxyl groups is 1. The summed E-state index contributed by atoms with van der Waals surface area (Å²) in [6.45, 7) is 4.12. The number of nitrogens with zero attached hydrogens (tertiary/aromatic N) is 2. The minimum atomic E-state index is -0.642. The molecule has 1 saturated carbocycles. The molecule has 2 aromatic rings. The molecule has 4 rings (SSSR count). The van der Waals surface area contributed by atoms with Crippen molar-refractivity contribution in [3.63, 3.8) is 0 Å². The van der Waals surface area contributed by atoms with Gasteiger partial charge in [-0.05, 0) is 54.9 Å². The zero-order chi connectivity index (χ0) is 15.2. The van der Waals surface area contributed by atoms with Gasteiger partial charge >= 0.3 is 0 Å². The van der Waals surface area contributed by atoms with E-state index in [0.717, 1.165) is 37.3 Å². The number of benzene rings is 1. The number of pyridine rings is 1. The van der Waals surface area contributed by atoms with Gasteiger partial charge in [0.15, 0.2) is 0 Å². The third-order valence-corrected chi connectivity index (χ3v) is 5.40. The van der Waals surface area contributed by atoms with Crippen molar-refractivity contribution in [2.45, 2.75) is 25.4 Å². The van der Waals surface area contributed by atoms with Crippen LogP contribution in [-0.2, 0) is 5.60 Å². The van der Waals surface area contributed by atoms with Gasteiger partial charge in [0.1, 0.15) is 5.82 Å². The fraction of sp³-hybridized carbons (Fsp3) is 0.421. The summed E-state index contributed by atoms with van der Waals surface area (Å²) in [4.78, 5) is 6.83. The lowest BCUT2D eigenvalue weighted by Gasteiger charge is -2.28. The van der Waals surface area contributed by atoms with Crippen LogP contribution in [0.1, 0.15) is 24.0 Å². The largest absolute Gasteiger partial charge is 0.385 e. The van der Waals surface area contributed by atoms with E-state index in [9.17, 15) is 5.11 Å². The van der Waals surface area contributed by atoms with Crippen molar-refractivity contribution in [1.82, 2.24) is 4.98 Å². The first-order valence-electron chi connectivity index (χ1n) is 8.10. The van der Waals surface area contributed by atoms with Gasteiger partial charge in [-0.25, -0.2) is 4.98 Å². The molecule has 1 aliphatic carbocycles. The fourth-order valence-corrected chi connectivity index (χ4v) is 4.39. The van der Waals surface area contributed by atoms with Gasteiger partial charge in [0.05, 0.1) is 5.60 Å². The normalized spacial score (nSPS) is 30.5. The average molecular weight is 294 g/mol. The third kappa shape index (κ3) is 2.20. The van der Waals surface area contributed by atoms with Gasteiger partial charge in [-0.3, -0.25) is 0 Å². The lowest BCUT2D eigenvalue weighted by Crippen LogP contribution is -2.29. The maximum absolute atomic E-state index is 11.2. The standard InChI is InChI=1S/C19H22N2O/c1-14-6-2-3-7-17(14)19(22)10-15-12-21(13-16(15)11-19)18-8-4-5-9-20-18/h2-9,15-16,22H,10-13H2,1H3/t15-,16+,19-. The molecule has 1 aromatic carbocycles. The van der Waals surface area contributed by atoms with Crippen molar-refractivity contribution >= 4 is 5.82 Å². The van der Waals surface area contributed by atoms with Gasteiger partial charge in [-0.2, -0.15) is 0 Å². The summed E-state index contributed by atoms with van der Waals surface area (Å²) < 4.78 is 0. The molecule has 0 unspecified atom stereocenters. The number of hydrogen-bond acceptors (Lipinski definition) is 3. The molecule has 0 bridgehead atoms. The van der Waals surface area contributed by atoms with Crippen LogP contribution in [0.15, 0.2) is 48.7 Å². The highest BCUT2D eigenvalue weighted by Gasteiger charge is 2.49. The van der Waals surface area contributed by atoms with Gasteiger partial charge in [0, 0.05) is 19.3 Å². The lowest BCUT2D eigenvalue weighted by atomic mass is 9.87. The molecular formula is C19H22N2O. The highest BCUT2D eigenvalue weighted by atomic mass is 16.3. The first kappa shape index (κ1) is 13.8. The predicted octanol–water partition coefficient (Wildman–Crippen LogP) is 3.12. The number of fused-ring (bicyclic) bond motifs is 1. The van der Waals surface area contributed by atoms with Crippen LogP contribution in [0, 0.1) is 18.8 Å². The molecule has 1 aromatic heterocycles. The Morgan fingerprint density at radius 1 is 1.05 bits per heavy atom. The monoisotopic (exact) mass is 294 g/mol. The highest BCUT2D eigenvalue weighted by Crippen LogP contribution is 2.50. The van der Waals surface area contributed by atoms with E-state index in [1.54, 1.807) is 0 Å². The molecule has 22 heavy (non-hydrogen) atoms. The first-order valence-corrected chi connectivity index (χ1v) is 8.10. The second-order valence-corrected chi connectivity index (χ2v) is 6.87. The van der Waals surface area contributed by atoms with E-state index in [2.05, 4.69) is 35.0 Å². The Hall–Kier alpha value is -1.87. The van der Waals surface area contributed by atoms with E-state index >= 15 is 0 Å². The van der Waals surface area contributed by atoms with Crippen LogP contribution in [-0.4, -0.2) is 23.2 Å². The van der Waals surface area contributed by atoms with E-state index in [-0.39, 0.29) is 0 Å².